The second kappa shape index (κ2) is 8.85. The normalized spacial score (nSPS) is 11.0. The minimum Gasteiger partial charge on any atom is -0.463 e. The Morgan fingerprint density at radius 1 is 1.11 bits per heavy atom. The van der Waals surface area contributed by atoms with Crippen molar-refractivity contribution in [2.75, 3.05) is 11.9 Å². The van der Waals surface area contributed by atoms with Crippen molar-refractivity contribution in [3.05, 3.63) is 71.9 Å². The topological polar surface area (TPSA) is 71.2 Å². The third kappa shape index (κ3) is 5.07. The Morgan fingerprint density at radius 2 is 1.89 bits per heavy atom. The molecule has 0 atom stereocenters. The smallest absolute Gasteiger partial charge is 0.330 e. The number of carbonyl (C=O) groups excluding carboxylic acids is 2. The highest BCUT2D eigenvalue weighted by atomic mass is 16.5. The first-order valence-electron chi connectivity index (χ1n) is 8.95. The number of aromatic amines is 1. The SMILES string of the molecule is CCOC(=O)/C=C/c1ccc(NC(=O)CCc2c[nH]c3ccccc23)cc1. The quantitative estimate of drug-likeness (QED) is 0.486. The minimum absolute atomic E-state index is 0.0323. The molecular formula is C22H22N2O3. The van der Waals surface area contributed by atoms with E-state index < -0.39 is 0 Å². The molecular weight excluding hydrogens is 340 g/mol. The predicted molar refractivity (Wildman–Crippen MR) is 107 cm³/mol. The standard InChI is InChI=1S/C22H22N2O3/c1-2-27-22(26)14-9-16-7-11-18(12-8-16)24-21(25)13-10-17-15-23-20-6-4-3-5-19(17)20/h3-9,11-12,14-15,23H,2,10,13H2,1H3,(H,24,25)/b14-9+. The fourth-order valence-electron chi connectivity index (χ4n) is 2.84. The van der Waals surface area contributed by atoms with E-state index >= 15 is 0 Å². The number of aryl methyl sites for hydroxylation is 1. The van der Waals surface area contributed by atoms with Crippen molar-refractivity contribution in [2.45, 2.75) is 19.8 Å². The zero-order valence-corrected chi connectivity index (χ0v) is 15.2. The summed E-state index contributed by atoms with van der Waals surface area (Å²) >= 11 is 0. The lowest BCUT2D eigenvalue weighted by Crippen LogP contribution is -2.12. The average Bonchev–Trinajstić information content (AvgIpc) is 3.09. The van der Waals surface area contributed by atoms with E-state index in [0.717, 1.165) is 27.7 Å². The van der Waals surface area contributed by atoms with Crippen LogP contribution in [0.5, 0.6) is 0 Å². The van der Waals surface area contributed by atoms with E-state index in [4.69, 9.17) is 4.74 Å². The summed E-state index contributed by atoms with van der Waals surface area (Å²) in [6, 6.07) is 15.4. The van der Waals surface area contributed by atoms with Crippen LogP contribution in [-0.4, -0.2) is 23.5 Å². The van der Waals surface area contributed by atoms with Gasteiger partial charge in [0.15, 0.2) is 0 Å². The molecule has 3 rings (SSSR count). The summed E-state index contributed by atoms with van der Waals surface area (Å²) in [6.45, 7) is 2.12. The van der Waals surface area contributed by atoms with Crippen molar-refractivity contribution in [3.8, 4) is 0 Å². The summed E-state index contributed by atoms with van der Waals surface area (Å²) in [5.74, 6) is -0.401. The van der Waals surface area contributed by atoms with Gasteiger partial charge in [0.25, 0.3) is 0 Å². The van der Waals surface area contributed by atoms with E-state index in [9.17, 15) is 9.59 Å². The Hall–Kier alpha value is -3.34. The molecule has 1 amide bonds. The van der Waals surface area contributed by atoms with Crippen LogP contribution < -0.4 is 5.32 Å². The van der Waals surface area contributed by atoms with Crippen LogP contribution in [0.4, 0.5) is 5.69 Å². The van der Waals surface area contributed by atoms with Gasteiger partial charge < -0.3 is 15.0 Å². The Balaban J connectivity index is 1.52. The van der Waals surface area contributed by atoms with Crippen LogP contribution in [0, 0.1) is 0 Å². The molecule has 0 fully saturated rings. The van der Waals surface area contributed by atoms with Crippen molar-refractivity contribution in [1.82, 2.24) is 4.98 Å². The Bertz CT molecular complexity index is 955. The van der Waals surface area contributed by atoms with Crippen molar-refractivity contribution >= 4 is 34.5 Å². The van der Waals surface area contributed by atoms with Crippen molar-refractivity contribution in [2.24, 2.45) is 0 Å². The molecule has 138 valence electrons. The molecule has 0 aliphatic carbocycles. The number of ether oxygens (including phenoxy) is 1. The van der Waals surface area contributed by atoms with E-state index in [1.165, 1.54) is 6.08 Å². The molecule has 2 N–H and O–H groups in total. The van der Waals surface area contributed by atoms with Gasteiger partial charge in [0.05, 0.1) is 6.61 Å². The van der Waals surface area contributed by atoms with Gasteiger partial charge in [-0.1, -0.05) is 30.3 Å². The highest BCUT2D eigenvalue weighted by Crippen LogP contribution is 2.19. The number of rotatable bonds is 7. The fraction of sp³-hybridized carbons (Fsp3) is 0.182. The predicted octanol–water partition coefficient (Wildman–Crippen LogP) is 4.32. The number of hydrogen-bond donors (Lipinski definition) is 2. The van der Waals surface area contributed by atoms with Gasteiger partial charge in [0, 0.05) is 35.3 Å². The fourth-order valence-corrected chi connectivity index (χ4v) is 2.84. The molecule has 0 saturated carbocycles. The monoisotopic (exact) mass is 362 g/mol. The van der Waals surface area contributed by atoms with Crippen LogP contribution in [0.1, 0.15) is 24.5 Å². The zero-order chi connectivity index (χ0) is 19.1. The van der Waals surface area contributed by atoms with Crippen LogP contribution in [-0.2, 0) is 20.7 Å². The molecule has 0 saturated heterocycles. The number of H-pyrrole nitrogens is 1. The number of benzene rings is 2. The van der Waals surface area contributed by atoms with E-state index in [1.807, 2.05) is 48.7 Å². The van der Waals surface area contributed by atoms with E-state index in [1.54, 1.807) is 13.0 Å². The van der Waals surface area contributed by atoms with Crippen molar-refractivity contribution < 1.29 is 14.3 Å². The minimum atomic E-state index is -0.368. The first-order chi connectivity index (χ1) is 13.2. The molecule has 0 unspecified atom stereocenters. The summed E-state index contributed by atoms with van der Waals surface area (Å²) in [5, 5.41) is 4.06. The summed E-state index contributed by atoms with van der Waals surface area (Å²) < 4.78 is 4.84. The molecule has 0 aliphatic rings. The first kappa shape index (κ1) is 18.5. The van der Waals surface area contributed by atoms with Crippen molar-refractivity contribution in [3.63, 3.8) is 0 Å². The lowest BCUT2D eigenvalue weighted by Gasteiger charge is -2.05. The molecule has 1 heterocycles. The largest absolute Gasteiger partial charge is 0.463 e. The molecule has 5 nitrogen and oxygen atoms in total. The third-order valence-electron chi connectivity index (χ3n) is 4.19. The van der Waals surface area contributed by atoms with Gasteiger partial charge in [-0.15, -0.1) is 0 Å². The van der Waals surface area contributed by atoms with Crippen LogP contribution in [0.2, 0.25) is 0 Å². The Kier molecular flexibility index (Phi) is 6.05. The Labute approximate surface area is 158 Å². The van der Waals surface area contributed by atoms with Gasteiger partial charge in [-0.2, -0.15) is 0 Å². The van der Waals surface area contributed by atoms with Gasteiger partial charge in [-0.3, -0.25) is 4.79 Å². The van der Waals surface area contributed by atoms with Gasteiger partial charge in [-0.05, 0) is 48.7 Å². The molecule has 0 spiro atoms. The van der Waals surface area contributed by atoms with Crippen LogP contribution in [0.15, 0.2) is 60.8 Å². The second-order valence-corrected chi connectivity index (χ2v) is 6.12. The summed E-state index contributed by atoms with van der Waals surface area (Å²) in [6.07, 6.45) is 6.12. The average molecular weight is 362 g/mol. The molecule has 0 bridgehead atoms. The number of hydrogen-bond acceptors (Lipinski definition) is 3. The molecule has 3 aromatic rings. The number of aromatic nitrogens is 1. The van der Waals surface area contributed by atoms with Crippen LogP contribution in [0.25, 0.3) is 17.0 Å². The first-order valence-corrected chi connectivity index (χ1v) is 8.95. The van der Waals surface area contributed by atoms with Crippen LogP contribution in [0.3, 0.4) is 0 Å². The van der Waals surface area contributed by atoms with E-state index in [-0.39, 0.29) is 11.9 Å². The van der Waals surface area contributed by atoms with Crippen LogP contribution >= 0.6 is 0 Å². The third-order valence-corrected chi connectivity index (χ3v) is 4.19. The number of para-hydroxylation sites is 1. The zero-order valence-electron chi connectivity index (χ0n) is 15.2. The van der Waals surface area contributed by atoms with Gasteiger partial charge >= 0.3 is 5.97 Å². The van der Waals surface area contributed by atoms with Gasteiger partial charge in [0.2, 0.25) is 5.91 Å². The molecule has 27 heavy (non-hydrogen) atoms. The number of fused-ring (bicyclic) bond motifs is 1. The van der Waals surface area contributed by atoms with E-state index in [0.29, 0.717) is 19.4 Å². The summed E-state index contributed by atoms with van der Waals surface area (Å²) in [7, 11) is 0. The maximum Gasteiger partial charge on any atom is 0.330 e. The number of anilines is 1. The highest BCUT2D eigenvalue weighted by molar-refractivity contribution is 5.92. The summed E-state index contributed by atoms with van der Waals surface area (Å²) in [4.78, 5) is 26.8. The lowest BCUT2D eigenvalue weighted by molar-refractivity contribution is -0.137. The van der Waals surface area contributed by atoms with E-state index in [2.05, 4.69) is 16.4 Å². The molecule has 2 aromatic carbocycles. The molecule has 1 aromatic heterocycles. The van der Waals surface area contributed by atoms with Gasteiger partial charge in [-0.25, -0.2) is 4.79 Å². The maximum atomic E-state index is 12.2. The lowest BCUT2D eigenvalue weighted by atomic mass is 10.1. The van der Waals surface area contributed by atoms with Gasteiger partial charge in [0.1, 0.15) is 0 Å². The molecule has 0 radical (unpaired) electrons. The highest BCUT2D eigenvalue weighted by Gasteiger charge is 2.07. The number of nitrogens with one attached hydrogen (secondary N) is 2. The van der Waals surface area contributed by atoms with Crippen molar-refractivity contribution in [1.29, 1.82) is 0 Å². The maximum absolute atomic E-state index is 12.2. The molecule has 0 aliphatic heterocycles. The summed E-state index contributed by atoms with van der Waals surface area (Å²) in [5.41, 5.74) is 3.81. The number of carbonyl (C=O) groups is 2. The second-order valence-electron chi connectivity index (χ2n) is 6.12. The number of esters is 1. The molecule has 5 heteroatoms. The Morgan fingerprint density at radius 3 is 2.67 bits per heavy atom. The number of amides is 1.